The minimum atomic E-state index is -0.743. The quantitative estimate of drug-likeness (QED) is 0.716. The molecule has 2 N–H and O–H groups in total. The molecule has 1 aliphatic carbocycles. The van der Waals surface area contributed by atoms with Gasteiger partial charge in [0, 0.05) is 18.6 Å². The molecule has 0 heterocycles. The summed E-state index contributed by atoms with van der Waals surface area (Å²) in [5, 5.41) is 12.3. The van der Waals surface area contributed by atoms with E-state index in [1.807, 2.05) is 0 Å². The summed E-state index contributed by atoms with van der Waals surface area (Å²) in [7, 11) is 4.20. The van der Waals surface area contributed by atoms with E-state index in [1.54, 1.807) is 13.8 Å². The lowest BCUT2D eigenvalue weighted by molar-refractivity contribution is -0.146. The third-order valence-corrected chi connectivity index (χ3v) is 3.83. The third-order valence-electron chi connectivity index (χ3n) is 3.83. The molecule has 1 saturated carbocycles. The maximum absolute atomic E-state index is 10.9. The Labute approximate surface area is 98.0 Å². The van der Waals surface area contributed by atoms with Gasteiger partial charge in [0.25, 0.3) is 0 Å². The second kappa shape index (κ2) is 4.72. The number of nitrogens with one attached hydrogen (secondary N) is 1. The van der Waals surface area contributed by atoms with Crippen LogP contribution in [0.4, 0.5) is 0 Å². The first-order valence-corrected chi connectivity index (χ1v) is 5.92. The summed E-state index contributed by atoms with van der Waals surface area (Å²) >= 11 is 0. The topological polar surface area (TPSA) is 52.6 Å². The Bertz CT molecular complexity index is 258. The smallest absolute Gasteiger partial charge is 0.310 e. The molecular weight excluding hydrogens is 204 g/mol. The van der Waals surface area contributed by atoms with Crippen molar-refractivity contribution in [2.24, 2.45) is 5.41 Å². The Morgan fingerprint density at radius 3 is 2.31 bits per heavy atom. The highest BCUT2D eigenvalue weighted by molar-refractivity contribution is 5.73. The van der Waals surface area contributed by atoms with E-state index in [-0.39, 0.29) is 5.54 Å². The van der Waals surface area contributed by atoms with E-state index in [9.17, 15) is 4.79 Å². The van der Waals surface area contributed by atoms with E-state index in [4.69, 9.17) is 5.11 Å². The molecule has 0 aromatic carbocycles. The van der Waals surface area contributed by atoms with Gasteiger partial charge in [-0.25, -0.2) is 0 Å². The first kappa shape index (κ1) is 13.5. The minimum absolute atomic E-state index is 0.259. The maximum Gasteiger partial charge on any atom is 0.310 e. The van der Waals surface area contributed by atoms with Crippen LogP contribution in [0.3, 0.4) is 0 Å². The number of hydrogen-bond donors (Lipinski definition) is 2. The Kier molecular flexibility index (Phi) is 3.97. The number of likely N-dealkylation sites (N-methyl/N-ethyl adjacent to an activating group) is 1. The van der Waals surface area contributed by atoms with Crippen LogP contribution in [0, 0.1) is 5.41 Å². The number of hydrogen-bond acceptors (Lipinski definition) is 3. The van der Waals surface area contributed by atoms with Gasteiger partial charge in [-0.2, -0.15) is 0 Å². The molecule has 0 saturated heterocycles. The van der Waals surface area contributed by atoms with Gasteiger partial charge in [-0.05, 0) is 47.2 Å². The van der Waals surface area contributed by atoms with Gasteiger partial charge in [-0.15, -0.1) is 0 Å². The van der Waals surface area contributed by atoms with E-state index in [0.29, 0.717) is 6.54 Å². The molecule has 94 valence electrons. The number of carboxylic acids is 1. The fourth-order valence-corrected chi connectivity index (χ4v) is 2.05. The van der Waals surface area contributed by atoms with Gasteiger partial charge in [0.05, 0.1) is 5.41 Å². The van der Waals surface area contributed by atoms with Crippen LogP contribution >= 0.6 is 0 Å². The molecule has 0 aromatic rings. The highest BCUT2D eigenvalue weighted by Crippen LogP contribution is 2.35. The van der Waals surface area contributed by atoms with E-state index in [1.165, 1.54) is 19.3 Å². The molecule has 0 aromatic heterocycles. The van der Waals surface area contributed by atoms with Crippen LogP contribution in [-0.2, 0) is 4.79 Å². The van der Waals surface area contributed by atoms with Crippen LogP contribution in [0.5, 0.6) is 0 Å². The van der Waals surface area contributed by atoms with Crippen molar-refractivity contribution >= 4 is 5.97 Å². The number of nitrogens with zero attached hydrogens (tertiary/aromatic N) is 1. The highest BCUT2D eigenvalue weighted by Gasteiger charge is 2.39. The van der Waals surface area contributed by atoms with Crippen molar-refractivity contribution in [1.29, 1.82) is 0 Å². The zero-order valence-corrected chi connectivity index (χ0v) is 10.8. The Morgan fingerprint density at radius 1 is 1.44 bits per heavy atom. The monoisotopic (exact) mass is 228 g/mol. The number of carboxylic acid groups (broad SMARTS) is 1. The number of rotatable bonds is 6. The summed E-state index contributed by atoms with van der Waals surface area (Å²) in [6.45, 7) is 4.92. The van der Waals surface area contributed by atoms with Crippen molar-refractivity contribution in [3.8, 4) is 0 Å². The molecule has 1 rings (SSSR count). The Balaban J connectivity index is 2.38. The average molecular weight is 228 g/mol. The van der Waals surface area contributed by atoms with E-state index >= 15 is 0 Å². The number of carbonyl (C=O) groups is 1. The van der Waals surface area contributed by atoms with Crippen molar-refractivity contribution in [1.82, 2.24) is 10.2 Å². The van der Waals surface area contributed by atoms with Gasteiger partial charge in [0.2, 0.25) is 0 Å². The van der Waals surface area contributed by atoms with Crippen molar-refractivity contribution in [2.45, 2.75) is 38.6 Å². The van der Waals surface area contributed by atoms with Crippen LogP contribution in [0.15, 0.2) is 0 Å². The molecular formula is C12H24N2O2. The minimum Gasteiger partial charge on any atom is -0.481 e. The summed E-state index contributed by atoms with van der Waals surface area (Å²) in [4.78, 5) is 13.2. The molecule has 16 heavy (non-hydrogen) atoms. The molecule has 0 amide bonds. The van der Waals surface area contributed by atoms with Gasteiger partial charge < -0.3 is 15.3 Å². The summed E-state index contributed by atoms with van der Waals surface area (Å²) in [5.74, 6) is -0.743. The van der Waals surface area contributed by atoms with Crippen LogP contribution in [0.25, 0.3) is 0 Å². The maximum atomic E-state index is 10.9. The second-order valence-electron chi connectivity index (χ2n) is 5.76. The molecule has 0 aliphatic heterocycles. The molecule has 0 atom stereocenters. The molecule has 1 aliphatic rings. The zero-order valence-electron chi connectivity index (χ0n) is 10.8. The predicted octanol–water partition coefficient (Wildman–Crippen LogP) is 1.17. The molecule has 4 heteroatoms. The van der Waals surface area contributed by atoms with Gasteiger partial charge in [-0.3, -0.25) is 4.79 Å². The van der Waals surface area contributed by atoms with Crippen LogP contribution in [0.1, 0.15) is 33.1 Å². The molecule has 0 bridgehead atoms. The van der Waals surface area contributed by atoms with Gasteiger partial charge in [-0.1, -0.05) is 0 Å². The van der Waals surface area contributed by atoms with E-state index < -0.39 is 11.4 Å². The molecule has 4 nitrogen and oxygen atoms in total. The molecule has 0 radical (unpaired) electrons. The molecule has 1 fully saturated rings. The first-order valence-electron chi connectivity index (χ1n) is 5.92. The summed E-state index contributed by atoms with van der Waals surface area (Å²) in [6, 6.07) is 0. The Hall–Kier alpha value is -0.610. The van der Waals surface area contributed by atoms with Crippen LogP contribution in [-0.4, -0.2) is 48.7 Å². The van der Waals surface area contributed by atoms with E-state index in [2.05, 4.69) is 24.3 Å². The second-order valence-corrected chi connectivity index (χ2v) is 5.76. The molecule has 0 spiro atoms. The van der Waals surface area contributed by atoms with Crippen LogP contribution < -0.4 is 5.32 Å². The van der Waals surface area contributed by atoms with Gasteiger partial charge in [0.1, 0.15) is 0 Å². The summed E-state index contributed by atoms with van der Waals surface area (Å²) in [6.07, 6.45) is 3.70. The lowest BCUT2D eigenvalue weighted by atomic mass is 9.75. The summed E-state index contributed by atoms with van der Waals surface area (Å²) in [5.41, 5.74) is -0.425. The highest BCUT2D eigenvalue weighted by atomic mass is 16.4. The van der Waals surface area contributed by atoms with Gasteiger partial charge in [0.15, 0.2) is 0 Å². The standard InChI is InChI=1S/C12H24N2O2/c1-11(2,10(15)16)8-13-9-12(14(3)4)6-5-7-12/h13H,5-9H2,1-4H3,(H,15,16). The zero-order chi connectivity index (χ0) is 12.4. The number of aliphatic carboxylic acids is 1. The van der Waals surface area contributed by atoms with Crippen LogP contribution in [0.2, 0.25) is 0 Å². The summed E-state index contributed by atoms with van der Waals surface area (Å²) < 4.78 is 0. The predicted molar refractivity (Wildman–Crippen MR) is 64.6 cm³/mol. The lowest BCUT2D eigenvalue weighted by Crippen LogP contribution is -2.57. The van der Waals surface area contributed by atoms with Crippen molar-refractivity contribution in [3.05, 3.63) is 0 Å². The van der Waals surface area contributed by atoms with Gasteiger partial charge >= 0.3 is 5.97 Å². The molecule has 0 unspecified atom stereocenters. The fourth-order valence-electron chi connectivity index (χ4n) is 2.05. The average Bonchev–Trinajstić information content (AvgIpc) is 2.08. The van der Waals surface area contributed by atoms with Crippen molar-refractivity contribution < 1.29 is 9.90 Å². The first-order chi connectivity index (χ1) is 7.30. The fraction of sp³-hybridized carbons (Fsp3) is 0.917. The Morgan fingerprint density at radius 2 is 2.00 bits per heavy atom. The third kappa shape index (κ3) is 2.74. The van der Waals surface area contributed by atoms with E-state index in [0.717, 1.165) is 6.54 Å². The SMILES string of the molecule is CN(C)C1(CNCC(C)(C)C(=O)O)CCC1. The van der Waals surface area contributed by atoms with Crippen molar-refractivity contribution in [2.75, 3.05) is 27.2 Å². The largest absolute Gasteiger partial charge is 0.481 e. The van der Waals surface area contributed by atoms with Crippen molar-refractivity contribution in [3.63, 3.8) is 0 Å². The lowest BCUT2D eigenvalue weighted by Gasteiger charge is -2.48. The normalized spacial score (nSPS) is 19.6.